The highest BCUT2D eigenvalue weighted by Crippen LogP contribution is 2.19. The summed E-state index contributed by atoms with van der Waals surface area (Å²) in [6, 6.07) is 0. The third-order valence-corrected chi connectivity index (χ3v) is 3.50. The molecule has 1 saturated heterocycles. The number of carbonyl (C=O) groups is 1. The fraction of sp³-hybridized carbons (Fsp3) is 0.643. The summed E-state index contributed by atoms with van der Waals surface area (Å²) in [5.74, 6) is 0.652. The van der Waals surface area contributed by atoms with E-state index in [2.05, 4.69) is 9.97 Å². The largest absolute Gasteiger partial charge is 0.377 e. The lowest BCUT2D eigenvalue weighted by Gasteiger charge is -2.22. The minimum Gasteiger partial charge on any atom is -0.377 e. The number of hydrogen-bond donors (Lipinski definition) is 0. The van der Waals surface area contributed by atoms with Crippen molar-refractivity contribution in [3.8, 4) is 0 Å². The molecule has 5 nitrogen and oxygen atoms in total. The first-order valence-corrected chi connectivity index (χ1v) is 7.30. The van der Waals surface area contributed by atoms with Crippen molar-refractivity contribution in [1.29, 1.82) is 0 Å². The predicted molar refractivity (Wildman–Crippen MR) is 77.1 cm³/mol. The number of amides is 1. The van der Waals surface area contributed by atoms with Gasteiger partial charge in [-0.3, -0.25) is 4.79 Å². The van der Waals surface area contributed by atoms with Crippen LogP contribution in [-0.4, -0.2) is 46.6 Å². The summed E-state index contributed by atoms with van der Waals surface area (Å²) in [6.07, 6.45) is 2.37. The van der Waals surface area contributed by atoms with E-state index in [0.717, 1.165) is 6.42 Å². The first-order chi connectivity index (χ1) is 9.49. The Labute approximate surface area is 124 Å². The van der Waals surface area contributed by atoms with E-state index in [4.69, 9.17) is 16.3 Å². The molecule has 1 aliphatic rings. The summed E-state index contributed by atoms with van der Waals surface area (Å²) in [5.41, 5.74) is 0.291. The Kier molecular flexibility index (Phi) is 4.94. The van der Waals surface area contributed by atoms with Gasteiger partial charge in [-0.1, -0.05) is 25.4 Å². The number of nitrogens with zero attached hydrogens (tertiary/aromatic N) is 3. The average Bonchev–Trinajstić information content (AvgIpc) is 2.63. The van der Waals surface area contributed by atoms with E-state index in [9.17, 15) is 4.79 Å². The molecular weight excluding hydrogens is 278 g/mol. The van der Waals surface area contributed by atoms with Crippen molar-refractivity contribution in [2.45, 2.75) is 39.2 Å². The zero-order chi connectivity index (χ0) is 14.7. The topological polar surface area (TPSA) is 55.3 Å². The van der Waals surface area contributed by atoms with E-state index in [1.54, 1.807) is 4.90 Å². The molecule has 1 fully saturated rings. The van der Waals surface area contributed by atoms with Gasteiger partial charge in [0.25, 0.3) is 5.91 Å². The van der Waals surface area contributed by atoms with E-state index < -0.39 is 0 Å². The molecule has 1 amide bonds. The summed E-state index contributed by atoms with van der Waals surface area (Å²) in [7, 11) is 0. The molecule has 0 N–H and O–H groups in total. The van der Waals surface area contributed by atoms with Crippen LogP contribution >= 0.6 is 11.6 Å². The minimum atomic E-state index is -0.142. The van der Waals surface area contributed by atoms with Gasteiger partial charge in [-0.05, 0) is 13.3 Å². The molecule has 0 aliphatic carbocycles. The van der Waals surface area contributed by atoms with Crippen molar-refractivity contribution in [3.63, 3.8) is 0 Å². The van der Waals surface area contributed by atoms with Gasteiger partial charge in [0.2, 0.25) is 0 Å². The second-order valence-electron chi connectivity index (χ2n) is 5.37. The lowest BCUT2D eigenvalue weighted by Crippen LogP contribution is -2.36. The Hall–Kier alpha value is -1.20. The van der Waals surface area contributed by atoms with Gasteiger partial charge in [-0.15, -0.1) is 0 Å². The van der Waals surface area contributed by atoms with Crippen LogP contribution in [0.15, 0.2) is 6.20 Å². The van der Waals surface area contributed by atoms with Gasteiger partial charge in [-0.25, -0.2) is 9.97 Å². The van der Waals surface area contributed by atoms with Gasteiger partial charge in [0.1, 0.15) is 5.82 Å². The van der Waals surface area contributed by atoms with E-state index in [-0.39, 0.29) is 17.9 Å². The summed E-state index contributed by atoms with van der Waals surface area (Å²) in [5, 5.41) is 0.303. The highest BCUT2D eigenvalue weighted by atomic mass is 35.5. The van der Waals surface area contributed by atoms with E-state index in [1.165, 1.54) is 6.20 Å². The molecule has 1 atom stereocenters. The minimum absolute atomic E-state index is 0.0339. The zero-order valence-corrected chi connectivity index (χ0v) is 12.9. The fourth-order valence-electron chi connectivity index (χ4n) is 2.14. The van der Waals surface area contributed by atoms with Crippen LogP contribution in [-0.2, 0) is 4.74 Å². The summed E-state index contributed by atoms with van der Waals surface area (Å²) < 4.78 is 5.55. The average molecular weight is 298 g/mol. The maximum absolute atomic E-state index is 12.6. The van der Waals surface area contributed by atoms with Crippen LogP contribution in [0.1, 0.15) is 49.4 Å². The zero-order valence-electron chi connectivity index (χ0n) is 12.1. The van der Waals surface area contributed by atoms with Crippen LogP contribution in [0, 0.1) is 0 Å². The number of aromatic nitrogens is 2. The number of ether oxygens (including phenoxy) is 1. The number of carbonyl (C=O) groups excluding carboxylic acids is 1. The van der Waals surface area contributed by atoms with Crippen LogP contribution in [0.2, 0.25) is 5.02 Å². The van der Waals surface area contributed by atoms with Crippen molar-refractivity contribution in [3.05, 3.63) is 22.7 Å². The number of halogens is 1. The predicted octanol–water partition coefficient (Wildman–Crippen LogP) is 2.50. The van der Waals surface area contributed by atoms with Crippen molar-refractivity contribution in [1.82, 2.24) is 14.9 Å². The van der Waals surface area contributed by atoms with Crippen LogP contribution in [0.5, 0.6) is 0 Å². The SMILES string of the molecule is CC1CN(C(=O)c2nc(C(C)C)ncc2Cl)CCCO1. The smallest absolute Gasteiger partial charge is 0.274 e. The first-order valence-electron chi connectivity index (χ1n) is 6.92. The third kappa shape index (κ3) is 3.46. The summed E-state index contributed by atoms with van der Waals surface area (Å²) in [6.45, 7) is 7.85. The summed E-state index contributed by atoms with van der Waals surface area (Å²) in [4.78, 5) is 22.8. The second kappa shape index (κ2) is 6.50. The highest BCUT2D eigenvalue weighted by molar-refractivity contribution is 6.33. The molecule has 2 rings (SSSR count). The number of rotatable bonds is 2. The Morgan fingerprint density at radius 3 is 3.00 bits per heavy atom. The molecule has 20 heavy (non-hydrogen) atoms. The molecule has 110 valence electrons. The molecule has 1 aliphatic heterocycles. The third-order valence-electron chi connectivity index (χ3n) is 3.22. The monoisotopic (exact) mass is 297 g/mol. The standard InChI is InChI=1S/C14H20ClN3O2/c1-9(2)13-16-7-11(15)12(17-13)14(19)18-5-4-6-20-10(3)8-18/h7,9-10H,4-6,8H2,1-3H3. The summed E-state index contributed by atoms with van der Waals surface area (Å²) >= 11 is 6.09. The van der Waals surface area contributed by atoms with Crippen molar-refractivity contribution in [2.24, 2.45) is 0 Å². The molecule has 1 aromatic heterocycles. The van der Waals surface area contributed by atoms with Gasteiger partial charge in [0.05, 0.1) is 17.3 Å². The van der Waals surface area contributed by atoms with Gasteiger partial charge in [0, 0.05) is 25.6 Å². The molecule has 0 radical (unpaired) electrons. The maximum Gasteiger partial charge on any atom is 0.274 e. The lowest BCUT2D eigenvalue weighted by molar-refractivity contribution is 0.0559. The van der Waals surface area contributed by atoms with E-state index in [1.807, 2.05) is 20.8 Å². The molecular formula is C14H20ClN3O2. The quantitative estimate of drug-likeness (QED) is 0.841. The molecule has 6 heteroatoms. The Morgan fingerprint density at radius 2 is 2.30 bits per heavy atom. The van der Waals surface area contributed by atoms with Crippen LogP contribution < -0.4 is 0 Å². The molecule has 1 aromatic rings. The van der Waals surface area contributed by atoms with Crippen molar-refractivity contribution >= 4 is 17.5 Å². The molecule has 0 bridgehead atoms. The van der Waals surface area contributed by atoms with Gasteiger partial charge in [-0.2, -0.15) is 0 Å². The number of hydrogen-bond acceptors (Lipinski definition) is 4. The lowest BCUT2D eigenvalue weighted by atomic mass is 10.2. The van der Waals surface area contributed by atoms with E-state index in [0.29, 0.717) is 36.2 Å². The Balaban J connectivity index is 2.25. The highest BCUT2D eigenvalue weighted by Gasteiger charge is 2.24. The van der Waals surface area contributed by atoms with Gasteiger partial charge in [0.15, 0.2) is 5.69 Å². The molecule has 0 spiro atoms. The second-order valence-corrected chi connectivity index (χ2v) is 5.77. The Morgan fingerprint density at radius 1 is 1.55 bits per heavy atom. The van der Waals surface area contributed by atoms with Gasteiger partial charge < -0.3 is 9.64 Å². The maximum atomic E-state index is 12.6. The normalized spacial score (nSPS) is 20.1. The Bertz CT molecular complexity index is 493. The fourth-order valence-corrected chi connectivity index (χ4v) is 2.31. The molecule has 0 aromatic carbocycles. The first kappa shape index (κ1) is 15.2. The molecule has 1 unspecified atom stereocenters. The van der Waals surface area contributed by atoms with Crippen molar-refractivity contribution < 1.29 is 9.53 Å². The van der Waals surface area contributed by atoms with Crippen LogP contribution in [0.25, 0.3) is 0 Å². The van der Waals surface area contributed by atoms with E-state index >= 15 is 0 Å². The van der Waals surface area contributed by atoms with Gasteiger partial charge >= 0.3 is 0 Å². The van der Waals surface area contributed by atoms with Crippen LogP contribution in [0.4, 0.5) is 0 Å². The molecule has 2 heterocycles. The van der Waals surface area contributed by atoms with Crippen LogP contribution in [0.3, 0.4) is 0 Å². The van der Waals surface area contributed by atoms with Crippen molar-refractivity contribution in [2.75, 3.05) is 19.7 Å². The molecule has 0 saturated carbocycles.